The Bertz CT molecular complexity index is 608. The van der Waals surface area contributed by atoms with E-state index >= 15 is 0 Å². The minimum absolute atomic E-state index is 0.129. The molecule has 1 saturated carbocycles. The number of aryl methyl sites for hydroxylation is 2. The Labute approximate surface area is 118 Å². The highest BCUT2D eigenvalue weighted by molar-refractivity contribution is 5.54. The van der Waals surface area contributed by atoms with Crippen molar-refractivity contribution in [2.24, 2.45) is 5.73 Å². The second-order valence-corrected chi connectivity index (χ2v) is 5.69. The zero-order chi connectivity index (χ0) is 14.1. The molecule has 1 fully saturated rings. The molecule has 106 valence electrons. The summed E-state index contributed by atoms with van der Waals surface area (Å²) in [4.78, 5) is 8.93. The van der Waals surface area contributed by atoms with Crippen LogP contribution in [0.2, 0.25) is 0 Å². The van der Waals surface area contributed by atoms with Crippen LogP contribution in [0.3, 0.4) is 0 Å². The van der Waals surface area contributed by atoms with Crippen LogP contribution in [0, 0.1) is 13.8 Å². The minimum atomic E-state index is 0.129. The van der Waals surface area contributed by atoms with E-state index in [2.05, 4.69) is 21.2 Å². The molecule has 0 amide bonds. The fourth-order valence-electron chi connectivity index (χ4n) is 2.90. The van der Waals surface area contributed by atoms with E-state index in [1.807, 2.05) is 20.0 Å². The molecule has 2 aromatic heterocycles. The molecule has 2 heterocycles. The third kappa shape index (κ3) is 2.45. The molecule has 0 bridgehead atoms. The third-order valence-electron chi connectivity index (χ3n) is 4.01. The number of nitrogens with two attached hydrogens (primary N) is 1. The van der Waals surface area contributed by atoms with Gasteiger partial charge in [0, 0.05) is 12.2 Å². The fourth-order valence-corrected chi connectivity index (χ4v) is 2.90. The molecule has 2 unspecified atom stereocenters. The maximum absolute atomic E-state index is 6.17. The van der Waals surface area contributed by atoms with Crippen LogP contribution in [0.5, 0.6) is 0 Å². The monoisotopic (exact) mass is 272 g/mol. The average molecular weight is 272 g/mol. The lowest BCUT2D eigenvalue weighted by molar-refractivity contribution is 0.290. The Morgan fingerprint density at radius 2 is 2.05 bits per heavy atom. The van der Waals surface area contributed by atoms with Gasteiger partial charge < -0.3 is 10.3 Å². The molecule has 0 radical (unpaired) electrons. The van der Waals surface area contributed by atoms with Crippen molar-refractivity contribution in [2.75, 3.05) is 0 Å². The van der Waals surface area contributed by atoms with Gasteiger partial charge in [0.1, 0.15) is 5.69 Å². The summed E-state index contributed by atoms with van der Waals surface area (Å²) >= 11 is 0. The normalized spacial score (nSPS) is 22.9. The summed E-state index contributed by atoms with van der Waals surface area (Å²) in [5.74, 6) is 1.42. The number of nitrogens with zero attached hydrogens (tertiary/aromatic N) is 3. The van der Waals surface area contributed by atoms with Gasteiger partial charge >= 0.3 is 0 Å². The van der Waals surface area contributed by atoms with Crippen molar-refractivity contribution in [2.45, 2.75) is 51.5 Å². The molecule has 5 nitrogen and oxygen atoms in total. The zero-order valence-electron chi connectivity index (χ0n) is 12.0. The zero-order valence-corrected chi connectivity index (χ0v) is 12.0. The molecule has 20 heavy (non-hydrogen) atoms. The largest absolute Gasteiger partial charge is 0.339 e. The van der Waals surface area contributed by atoms with Gasteiger partial charge in [-0.2, -0.15) is 4.98 Å². The van der Waals surface area contributed by atoms with Gasteiger partial charge in [-0.15, -0.1) is 0 Å². The van der Waals surface area contributed by atoms with Gasteiger partial charge in [0.2, 0.25) is 11.7 Å². The summed E-state index contributed by atoms with van der Waals surface area (Å²) in [7, 11) is 0. The minimum Gasteiger partial charge on any atom is -0.339 e. The highest BCUT2D eigenvalue weighted by Crippen LogP contribution is 2.32. The number of hydrogen-bond acceptors (Lipinski definition) is 5. The van der Waals surface area contributed by atoms with E-state index in [9.17, 15) is 0 Å². The first kappa shape index (κ1) is 13.2. The van der Waals surface area contributed by atoms with Crippen LogP contribution >= 0.6 is 0 Å². The van der Waals surface area contributed by atoms with Gasteiger partial charge in [0.25, 0.3) is 0 Å². The summed E-state index contributed by atoms with van der Waals surface area (Å²) < 4.78 is 5.43. The highest BCUT2D eigenvalue weighted by Gasteiger charge is 2.28. The first-order valence-electron chi connectivity index (χ1n) is 7.18. The first-order chi connectivity index (χ1) is 9.65. The van der Waals surface area contributed by atoms with E-state index in [-0.39, 0.29) is 12.0 Å². The van der Waals surface area contributed by atoms with Crippen molar-refractivity contribution in [3.8, 4) is 11.5 Å². The molecule has 2 aromatic rings. The quantitative estimate of drug-likeness (QED) is 0.909. The summed E-state index contributed by atoms with van der Waals surface area (Å²) in [6, 6.07) is 2.20. The van der Waals surface area contributed by atoms with Gasteiger partial charge in [0.15, 0.2) is 0 Å². The molecule has 1 aliphatic carbocycles. The van der Waals surface area contributed by atoms with Gasteiger partial charge in [-0.3, -0.25) is 4.98 Å². The van der Waals surface area contributed by atoms with E-state index < -0.39 is 0 Å². The standard InChI is InChI=1S/C15H20N4O/c1-9-7-10(2)13(17-8-9)14-18-15(20-19-14)11-5-3-4-6-12(11)16/h7-8,11-12H,3-6,16H2,1-2H3. The maximum atomic E-state index is 6.17. The molecule has 0 aromatic carbocycles. The molecular weight excluding hydrogens is 252 g/mol. The fraction of sp³-hybridized carbons (Fsp3) is 0.533. The van der Waals surface area contributed by atoms with E-state index in [1.165, 1.54) is 12.8 Å². The lowest BCUT2D eigenvalue weighted by Crippen LogP contribution is -2.31. The van der Waals surface area contributed by atoms with Crippen LogP contribution in [0.1, 0.15) is 48.6 Å². The highest BCUT2D eigenvalue weighted by atomic mass is 16.5. The van der Waals surface area contributed by atoms with E-state index in [0.717, 1.165) is 29.7 Å². The van der Waals surface area contributed by atoms with Crippen molar-refractivity contribution in [3.05, 3.63) is 29.3 Å². The SMILES string of the molecule is Cc1cnc(-c2noc(C3CCCCC3N)n2)c(C)c1. The lowest BCUT2D eigenvalue weighted by Gasteiger charge is -2.25. The summed E-state index contributed by atoms with van der Waals surface area (Å²) in [5, 5.41) is 4.08. The molecule has 3 rings (SSSR count). The van der Waals surface area contributed by atoms with Crippen LogP contribution in [0.15, 0.2) is 16.8 Å². The molecule has 2 atom stereocenters. The van der Waals surface area contributed by atoms with Crippen molar-refractivity contribution >= 4 is 0 Å². The molecule has 0 aliphatic heterocycles. The number of aromatic nitrogens is 3. The average Bonchev–Trinajstić information content (AvgIpc) is 2.88. The predicted octanol–water partition coefficient (Wildman–Crippen LogP) is 2.73. The van der Waals surface area contributed by atoms with Crippen LogP contribution in [-0.2, 0) is 0 Å². The van der Waals surface area contributed by atoms with Crippen LogP contribution in [0.4, 0.5) is 0 Å². The van der Waals surface area contributed by atoms with Crippen LogP contribution in [0.25, 0.3) is 11.5 Å². The Morgan fingerprint density at radius 1 is 1.25 bits per heavy atom. The predicted molar refractivity (Wildman–Crippen MR) is 76.2 cm³/mol. The first-order valence-corrected chi connectivity index (χ1v) is 7.18. The summed E-state index contributed by atoms with van der Waals surface area (Å²) in [6.45, 7) is 4.03. The molecule has 0 saturated heterocycles. The van der Waals surface area contributed by atoms with E-state index in [0.29, 0.717) is 11.7 Å². The van der Waals surface area contributed by atoms with Crippen molar-refractivity contribution in [1.82, 2.24) is 15.1 Å². The maximum Gasteiger partial charge on any atom is 0.231 e. The summed E-state index contributed by atoms with van der Waals surface area (Å²) in [6.07, 6.45) is 6.26. The van der Waals surface area contributed by atoms with Gasteiger partial charge in [-0.25, -0.2) is 0 Å². The van der Waals surface area contributed by atoms with Gasteiger partial charge in [-0.1, -0.05) is 24.1 Å². The molecule has 2 N–H and O–H groups in total. The Kier molecular flexibility index (Phi) is 3.53. The smallest absolute Gasteiger partial charge is 0.231 e. The molecule has 5 heteroatoms. The third-order valence-corrected chi connectivity index (χ3v) is 4.01. The molecule has 1 aliphatic rings. The second-order valence-electron chi connectivity index (χ2n) is 5.69. The van der Waals surface area contributed by atoms with Crippen LogP contribution < -0.4 is 5.73 Å². The van der Waals surface area contributed by atoms with Crippen molar-refractivity contribution in [1.29, 1.82) is 0 Å². The summed E-state index contributed by atoms with van der Waals surface area (Å²) in [5.41, 5.74) is 9.14. The topological polar surface area (TPSA) is 77.8 Å². The van der Waals surface area contributed by atoms with Crippen molar-refractivity contribution in [3.63, 3.8) is 0 Å². The Balaban J connectivity index is 1.89. The van der Waals surface area contributed by atoms with Crippen molar-refractivity contribution < 1.29 is 4.52 Å². The Hall–Kier alpha value is -1.75. The van der Waals surface area contributed by atoms with Gasteiger partial charge in [0.05, 0.1) is 5.92 Å². The number of hydrogen-bond donors (Lipinski definition) is 1. The van der Waals surface area contributed by atoms with E-state index in [1.54, 1.807) is 0 Å². The number of rotatable bonds is 2. The Morgan fingerprint density at radius 3 is 2.80 bits per heavy atom. The lowest BCUT2D eigenvalue weighted by atomic mass is 9.85. The number of pyridine rings is 1. The molecule has 0 spiro atoms. The van der Waals surface area contributed by atoms with Crippen LogP contribution in [-0.4, -0.2) is 21.2 Å². The second kappa shape index (κ2) is 5.32. The van der Waals surface area contributed by atoms with Gasteiger partial charge in [-0.05, 0) is 37.8 Å². The van der Waals surface area contributed by atoms with E-state index in [4.69, 9.17) is 10.3 Å². The molecular formula is C15H20N4O.